The van der Waals surface area contributed by atoms with Crippen molar-refractivity contribution >= 4 is 11.5 Å². The van der Waals surface area contributed by atoms with Crippen LogP contribution in [0, 0.1) is 28.6 Å². The number of carbonyl (C=O) groups excluding carboxylic acids is 1. The van der Waals surface area contributed by atoms with Gasteiger partial charge in [0.05, 0.1) is 5.56 Å². The number of ketones is 1. The lowest BCUT2D eigenvalue weighted by molar-refractivity contribution is -0.137. The van der Waals surface area contributed by atoms with Gasteiger partial charge in [0.25, 0.3) is 0 Å². The molecule has 0 amide bonds. The summed E-state index contributed by atoms with van der Waals surface area (Å²) in [6.45, 7) is 11.6. The van der Waals surface area contributed by atoms with Crippen molar-refractivity contribution in [2.24, 2.45) is 28.6 Å². The number of rotatable bonds is 1. The van der Waals surface area contributed by atoms with Crippen LogP contribution in [0.25, 0.3) is 0 Å². The van der Waals surface area contributed by atoms with E-state index < -0.39 is 11.7 Å². The molecule has 3 fully saturated rings. The van der Waals surface area contributed by atoms with Crippen molar-refractivity contribution in [2.45, 2.75) is 91.2 Å². The molecule has 1 saturated heterocycles. The molecule has 4 aliphatic rings. The van der Waals surface area contributed by atoms with Crippen molar-refractivity contribution in [1.82, 2.24) is 0 Å². The third kappa shape index (κ3) is 3.64. The molecule has 0 spiro atoms. The predicted molar refractivity (Wildman–Crippen MR) is 130 cm³/mol. The van der Waals surface area contributed by atoms with Crippen LogP contribution in [0.3, 0.4) is 0 Å². The van der Waals surface area contributed by atoms with Gasteiger partial charge in [0, 0.05) is 35.8 Å². The summed E-state index contributed by atoms with van der Waals surface area (Å²) in [4.78, 5) is 14.8. The molecule has 186 valence electrons. The summed E-state index contributed by atoms with van der Waals surface area (Å²) in [5, 5.41) is 0. The first-order chi connectivity index (χ1) is 15.7. The van der Waals surface area contributed by atoms with E-state index in [1.807, 2.05) is 0 Å². The molecule has 5 heteroatoms. The maximum absolute atomic E-state index is 13.8. The molecule has 1 aromatic carbocycles. The summed E-state index contributed by atoms with van der Waals surface area (Å²) in [6.07, 6.45) is 4.81. The average molecular weight is 474 g/mol. The molecule has 2 nitrogen and oxygen atoms in total. The van der Waals surface area contributed by atoms with Crippen molar-refractivity contribution < 1.29 is 18.0 Å². The van der Waals surface area contributed by atoms with Crippen molar-refractivity contribution in [3.05, 3.63) is 41.1 Å². The number of halogens is 3. The highest BCUT2D eigenvalue weighted by atomic mass is 19.4. The highest BCUT2D eigenvalue weighted by Gasteiger charge is 2.58. The maximum Gasteiger partial charge on any atom is 0.416 e. The van der Waals surface area contributed by atoms with Crippen LogP contribution in [0.15, 0.2) is 30.0 Å². The Bertz CT molecular complexity index is 1030. The number of alkyl halides is 3. The van der Waals surface area contributed by atoms with E-state index >= 15 is 0 Å². The lowest BCUT2D eigenvalue weighted by atomic mass is 9.50. The molecular weight excluding hydrogens is 435 g/mol. The first-order valence-corrected chi connectivity index (χ1v) is 13.0. The molecule has 0 radical (unpaired) electrons. The molecule has 1 aliphatic heterocycles. The molecule has 2 saturated carbocycles. The minimum Gasteiger partial charge on any atom is -0.344 e. The van der Waals surface area contributed by atoms with Gasteiger partial charge in [-0.05, 0) is 78.4 Å². The highest BCUT2D eigenvalue weighted by molar-refractivity contribution is 5.92. The van der Waals surface area contributed by atoms with E-state index in [1.165, 1.54) is 37.8 Å². The molecule has 5 rings (SSSR count). The fraction of sp³-hybridized carbons (Fsp3) is 0.690. The normalized spacial score (nSPS) is 36.0. The second-order valence-corrected chi connectivity index (χ2v) is 13.0. The molecule has 0 aromatic heterocycles. The molecule has 1 aromatic rings. The van der Waals surface area contributed by atoms with Crippen LogP contribution in [-0.4, -0.2) is 12.3 Å². The van der Waals surface area contributed by atoms with E-state index in [4.69, 9.17) is 0 Å². The van der Waals surface area contributed by atoms with Crippen molar-refractivity contribution in [2.75, 3.05) is 11.4 Å². The number of carbonyl (C=O) groups is 1. The lowest BCUT2D eigenvalue weighted by Gasteiger charge is -2.60. The monoisotopic (exact) mass is 473 g/mol. The van der Waals surface area contributed by atoms with E-state index in [-0.39, 0.29) is 16.6 Å². The summed E-state index contributed by atoms with van der Waals surface area (Å²) in [5.74, 6) is 1.64. The number of hydrogen-bond acceptors (Lipinski definition) is 2. The summed E-state index contributed by atoms with van der Waals surface area (Å²) >= 11 is 0. The van der Waals surface area contributed by atoms with Gasteiger partial charge in [-0.15, -0.1) is 0 Å². The number of allylic oxidation sites excluding steroid dienone is 2. The Morgan fingerprint density at radius 3 is 2.41 bits per heavy atom. The zero-order chi connectivity index (χ0) is 24.7. The number of hydrogen-bond donors (Lipinski definition) is 0. The minimum absolute atomic E-state index is 0.0988. The Labute approximate surface area is 202 Å². The lowest BCUT2D eigenvalue weighted by Crippen LogP contribution is -2.57. The number of nitrogens with zero attached hydrogens (tertiary/aromatic N) is 1. The third-order valence-corrected chi connectivity index (χ3v) is 9.92. The van der Waals surface area contributed by atoms with Gasteiger partial charge in [0.15, 0.2) is 5.78 Å². The molecule has 3 aliphatic carbocycles. The Balaban J connectivity index is 1.70. The van der Waals surface area contributed by atoms with Gasteiger partial charge in [0.1, 0.15) is 0 Å². The fourth-order valence-corrected chi connectivity index (χ4v) is 8.09. The summed E-state index contributed by atoms with van der Waals surface area (Å²) in [7, 11) is 0. The van der Waals surface area contributed by atoms with Crippen LogP contribution in [0.4, 0.5) is 18.9 Å². The zero-order valence-corrected chi connectivity index (χ0v) is 21.2. The van der Waals surface area contributed by atoms with Crippen LogP contribution < -0.4 is 4.90 Å². The van der Waals surface area contributed by atoms with E-state index in [0.29, 0.717) is 41.8 Å². The van der Waals surface area contributed by atoms with Crippen LogP contribution in [0.1, 0.15) is 90.7 Å². The van der Waals surface area contributed by atoms with Gasteiger partial charge >= 0.3 is 6.18 Å². The molecule has 5 atom stereocenters. The van der Waals surface area contributed by atoms with Gasteiger partial charge in [0.2, 0.25) is 0 Å². The summed E-state index contributed by atoms with van der Waals surface area (Å²) < 4.78 is 41.5. The number of piperidine rings is 1. The van der Waals surface area contributed by atoms with Crippen LogP contribution in [-0.2, 0) is 16.4 Å². The van der Waals surface area contributed by atoms with Gasteiger partial charge in [-0.25, -0.2) is 0 Å². The van der Waals surface area contributed by atoms with Crippen LogP contribution in [0.2, 0.25) is 0 Å². The SMILES string of the molecule is CC(C)(C)c1ccc(C(F)(F)F)cc1N1C[C@H]2[C@@H]3CCC[C@@]3(C)CC[C@@H]2[C@@]2(C)CCC(=O)C=C12. The Hall–Kier alpha value is -1.78. The Kier molecular flexibility index (Phi) is 5.36. The van der Waals surface area contributed by atoms with Gasteiger partial charge in [-0.2, -0.15) is 13.2 Å². The highest BCUT2D eigenvalue weighted by Crippen LogP contribution is 2.64. The molecule has 1 heterocycles. The van der Waals surface area contributed by atoms with E-state index in [1.54, 1.807) is 12.1 Å². The van der Waals surface area contributed by atoms with Crippen molar-refractivity contribution in [3.63, 3.8) is 0 Å². The molecule has 0 unspecified atom stereocenters. The fourth-order valence-electron chi connectivity index (χ4n) is 8.09. The van der Waals surface area contributed by atoms with E-state index in [0.717, 1.165) is 24.1 Å². The van der Waals surface area contributed by atoms with Crippen LogP contribution in [0.5, 0.6) is 0 Å². The molecule has 0 N–H and O–H groups in total. The standard InChI is InChI=1S/C29H38F3NO/c1-26(2,3)23-9-8-18(29(30,31)32)15-24(23)33-17-20-21-7-6-12-27(21,4)13-11-22(20)28(5)14-10-19(34)16-25(28)33/h8-9,15-16,20-22H,6-7,10-14,17H2,1-5H3/t20-,21-,22-,27-,28+/m0/s1. The van der Waals surface area contributed by atoms with E-state index in [9.17, 15) is 18.0 Å². The second kappa shape index (κ2) is 7.61. The number of anilines is 1. The average Bonchev–Trinajstić information content (AvgIpc) is 3.14. The number of fused-ring (bicyclic) bond motifs is 5. The maximum atomic E-state index is 13.8. The summed E-state index contributed by atoms with van der Waals surface area (Å²) in [6, 6.07) is 4.22. The smallest absolute Gasteiger partial charge is 0.344 e. The summed E-state index contributed by atoms with van der Waals surface area (Å²) in [5.41, 5.74) is 1.73. The van der Waals surface area contributed by atoms with Crippen molar-refractivity contribution in [1.29, 1.82) is 0 Å². The van der Waals surface area contributed by atoms with Gasteiger partial charge in [-0.3, -0.25) is 4.79 Å². The molecular formula is C29H38F3NO. The first-order valence-electron chi connectivity index (χ1n) is 13.0. The van der Waals surface area contributed by atoms with Gasteiger partial charge < -0.3 is 4.90 Å². The predicted octanol–water partition coefficient (Wildman–Crippen LogP) is 7.91. The third-order valence-electron chi connectivity index (χ3n) is 9.92. The number of benzene rings is 1. The van der Waals surface area contributed by atoms with Gasteiger partial charge in [-0.1, -0.05) is 47.1 Å². The Morgan fingerprint density at radius 2 is 1.74 bits per heavy atom. The largest absolute Gasteiger partial charge is 0.416 e. The zero-order valence-electron chi connectivity index (χ0n) is 21.2. The second-order valence-electron chi connectivity index (χ2n) is 13.0. The topological polar surface area (TPSA) is 20.3 Å². The minimum atomic E-state index is -4.40. The molecule has 0 bridgehead atoms. The van der Waals surface area contributed by atoms with Crippen molar-refractivity contribution in [3.8, 4) is 0 Å². The first kappa shape index (κ1) is 23.9. The quantitative estimate of drug-likeness (QED) is 0.413. The van der Waals surface area contributed by atoms with E-state index in [2.05, 4.69) is 39.5 Å². The Morgan fingerprint density at radius 1 is 1.00 bits per heavy atom. The van der Waals surface area contributed by atoms with Crippen LogP contribution >= 0.6 is 0 Å². The molecule has 34 heavy (non-hydrogen) atoms.